The Bertz CT molecular complexity index is 789. The lowest BCUT2D eigenvalue weighted by atomic mass is 10.0. The molecule has 1 heterocycles. The van der Waals surface area contributed by atoms with E-state index in [4.69, 9.17) is 4.74 Å². The van der Waals surface area contributed by atoms with Gasteiger partial charge in [-0.1, -0.05) is 6.92 Å². The fourth-order valence-electron chi connectivity index (χ4n) is 2.81. The van der Waals surface area contributed by atoms with E-state index in [1.54, 1.807) is 31.4 Å². The zero-order chi connectivity index (χ0) is 17.3. The van der Waals surface area contributed by atoms with Gasteiger partial charge in [0.1, 0.15) is 17.6 Å². The van der Waals surface area contributed by atoms with Gasteiger partial charge < -0.3 is 10.1 Å². The van der Waals surface area contributed by atoms with Gasteiger partial charge in [-0.3, -0.25) is 14.5 Å². The summed E-state index contributed by atoms with van der Waals surface area (Å²) in [6.07, 6.45) is 0.449. The maximum Gasteiger partial charge on any atom is 0.259 e. The Morgan fingerprint density at radius 2 is 1.96 bits per heavy atom. The summed E-state index contributed by atoms with van der Waals surface area (Å²) in [4.78, 5) is 26.7. The molecular weight excluding hydrogens is 311 g/mol. The van der Waals surface area contributed by atoms with Gasteiger partial charge in [0.25, 0.3) is 5.91 Å². The van der Waals surface area contributed by atoms with E-state index < -0.39 is 11.9 Å². The predicted octanol–water partition coefficient (Wildman–Crippen LogP) is 3.21. The molecule has 6 heteroatoms. The molecule has 0 fully saturated rings. The quantitative estimate of drug-likeness (QED) is 0.941. The molecule has 0 unspecified atom stereocenters. The molecule has 0 saturated carbocycles. The minimum atomic E-state index is -0.641. The van der Waals surface area contributed by atoms with Crippen LogP contribution in [0.5, 0.6) is 5.75 Å². The van der Waals surface area contributed by atoms with Gasteiger partial charge >= 0.3 is 0 Å². The molecule has 0 saturated heterocycles. The Morgan fingerprint density at radius 3 is 2.58 bits per heavy atom. The topological polar surface area (TPSA) is 58.6 Å². The van der Waals surface area contributed by atoms with Gasteiger partial charge in [0, 0.05) is 5.56 Å². The van der Waals surface area contributed by atoms with E-state index in [0.29, 0.717) is 29.1 Å². The summed E-state index contributed by atoms with van der Waals surface area (Å²) in [5, 5.41) is 2.66. The number of rotatable bonds is 3. The third-order valence-corrected chi connectivity index (χ3v) is 4.03. The first kappa shape index (κ1) is 16.0. The minimum Gasteiger partial charge on any atom is -0.497 e. The van der Waals surface area contributed by atoms with Crippen LogP contribution in [0.1, 0.15) is 23.7 Å². The molecular formula is C18H17FN2O3. The van der Waals surface area contributed by atoms with Crippen LogP contribution in [0.15, 0.2) is 42.5 Å². The van der Waals surface area contributed by atoms with Crippen molar-refractivity contribution in [2.45, 2.75) is 19.4 Å². The minimum absolute atomic E-state index is 0.298. The third-order valence-electron chi connectivity index (χ3n) is 4.03. The molecule has 0 aliphatic carbocycles. The number of carbonyl (C=O) groups excluding carboxylic acids is 2. The first-order chi connectivity index (χ1) is 11.5. The smallest absolute Gasteiger partial charge is 0.259 e. The third kappa shape index (κ3) is 2.71. The van der Waals surface area contributed by atoms with Gasteiger partial charge in [0.15, 0.2) is 0 Å². The highest BCUT2D eigenvalue weighted by molar-refractivity contribution is 6.16. The average molecular weight is 328 g/mol. The number of amides is 2. The molecule has 124 valence electrons. The highest BCUT2D eigenvalue weighted by atomic mass is 19.1. The molecule has 5 nitrogen and oxygen atoms in total. The summed E-state index contributed by atoms with van der Waals surface area (Å²) < 4.78 is 18.6. The Hall–Kier alpha value is -2.89. The van der Waals surface area contributed by atoms with Gasteiger partial charge in [0.05, 0.1) is 18.5 Å². The molecule has 2 aromatic rings. The number of hydrogen-bond acceptors (Lipinski definition) is 3. The van der Waals surface area contributed by atoms with E-state index in [2.05, 4.69) is 5.32 Å². The van der Waals surface area contributed by atoms with Crippen LogP contribution in [0.3, 0.4) is 0 Å². The largest absolute Gasteiger partial charge is 0.497 e. The van der Waals surface area contributed by atoms with Crippen molar-refractivity contribution in [1.29, 1.82) is 0 Å². The Morgan fingerprint density at radius 1 is 1.25 bits per heavy atom. The normalized spacial score (nSPS) is 16.4. The second-order valence-corrected chi connectivity index (χ2v) is 5.48. The van der Waals surface area contributed by atoms with E-state index in [1.807, 2.05) is 6.92 Å². The van der Waals surface area contributed by atoms with Gasteiger partial charge in [-0.05, 0) is 48.9 Å². The molecule has 2 aromatic carbocycles. The molecule has 0 spiro atoms. The Labute approximate surface area is 139 Å². The summed E-state index contributed by atoms with van der Waals surface area (Å²) in [6.45, 7) is 1.83. The van der Waals surface area contributed by atoms with Crippen LogP contribution in [0.25, 0.3) is 0 Å². The molecule has 1 aliphatic rings. The number of methoxy groups -OCH3 is 1. The summed E-state index contributed by atoms with van der Waals surface area (Å²) >= 11 is 0. The van der Waals surface area contributed by atoms with Gasteiger partial charge in [-0.15, -0.1) is 0 Å². The lowest BCUT2D eigenvalue weighted by molar-refractivity contribution is -0.117. The van der Waals surface area contributed by atoms with E-state index in [1.165, 1.54) is 23.1 Å². The van der Waals surface area contributed by atoms with Crippen molar-refractivity contribution in [2.24, 2.45) is 0 Å². The number of halogens is 1. The van der Waals surface area contributed by atoms with Crippen LogP contribution in [0, 0.1) is 5.82 Å². The summed E-state index contributed by atoms with van der Waals surface area (Å²) in [7, 11) is 1.55. The predicted molar refractivity (Wildman–Crippen MR) is 88.9 cm³/mol. The van der Waals surface area contributed by atoms with E-state index >= 15 is 0 Å². The first-order valence-electron chi connectivity index (χ1n) is 7.63. The molecule has 1 aliphatic heterocycles. The molecule has 3 rings (SSSR count). The van der Waals surface area contributed by atoms with Crippen LogP contribution in [-0.2, 0) is 4.79 Å². The first-order valence-corrected chi connectivity index (χ1v) is 7.63. The zero-order valence-corrected chi connectivity index (χ0v) is 13.4. The Kier molecular flexibility index (Phi) is 4.20. The highest BCUT2D eigenvalue weighted by Gasteiger charge is 2.36. The lowest BCUT2D eigenvalue weighted by Crippen LogP contribution is -2.50. The van der Waals surface area contributed by atoms with E-state index in [0.717, 1.165) is 0 Å². The van der Waals surface area contributed by atoms with Crippen LogP contribution in [0.4, 0.5) is 15.8 Å². The summed E-state index contributed by atoms with van der Waals surface area (Å²) in [5.74, 6) is -0.469. The number of hydrogen-bond donors (Lipinski definition) is 1. The zero-order valence-electron chi connectivity index (χ0n) is 13.4. The molecule has 1 atom stereocenters. The van der Waals surface area contributed by atoms with Gasteiger partial charge in [-0.2, -0.15) is 0 Å². The van der Waals surface area contributed by atoms with Crippen molar-refractivity contribution >= 4 is 23.2 Å². The fourth-order valence-corrected chi connectivity index (χ4v) is 2.81. The molecule has 1 N–H and O–H groups in total. The maximum atomic E-state index is 13.5. The average Bonchev–Trinajstić information content (AvgIpc) is 2.59. The molecule has 2 amide bonds. The van der Waals surface area contributed by atoms with Crippen LogP contribution in [0.2, 0.25) is 0 Å². The second-order valence-electron chi connectivity index (χ2n) is 5.48. The number of benzene rings is 2. The number of ether oxygens (including phenoxy) is 1. The second kappa shape index (κ2) is 6.31. The van der Waals surface area contributed by atoms with Crippen molar-refractivity contribution in [1.82, 2.24) is 0 Å². The van der Waals surface area contributed by atoms with Gasteiger partial charge in [0.2, 0.25) is 5.91 Å². The lowest BCUT2D eigenvalue weighted by Gasteiger charge is -2.36. The van der Waals surface area contributed by atoms with Crippen LogP contribution in [-0.4, -0.2) is 25.0 Å². The maximum absolute atomic E-state index is 13.5. The number of anilines is 2. The monoisotopic (exact) mass is 328 g/mol. The van der Waals surface area contributed by atoms with Gasteiger partial charge in [-0.25, -0.2) is 4.39 Å². The van der Waals surface area contributed by atoms with Crippen LogP contribution >= 0.6 is 0 Å². The van der Waals surface area contributed by atoms with E-state index in [-0.39, 0.29) is 11.8 Å². The summed E-state index contributed by atoms with van der Waals surface area (Å²) in [5.41, 5.74) is 1.22. The SMILES string of the molecule is CC[C@@H]1C(=O)Nc2cc(F)ccc2N1C(=O)c1ccc(OC)cc1. The van der Waals surface area contributed by atoms with Crippen molar-refractivity contribution in [3.63, 3.8) is 0 Å². The number of nitrogens with one attached hydrogen (secondary N) is 1. The highest BCUT2D eigenvalue weighted by Crippen LogP contribution is 2.34. The number of fused-ring (bicyclic) bond motifs is 1. The van der Waals surface area contributed by atoms with Crippen LogP contribution < -0.4 is 15.0 Å². The standard InChI is InChI=1S/C18H17FN2O3/c1-3-15-17(22)20-14-10-12(19)6-9-16(14)21(15)18(23)11-4-7-13(24-2)8-5-11/h4-10,15H,3H2,1-2H3,(H,20,22)/t15-/m1/s1. The number of nitrogens with zero attached hydrogens (tertiary/aromatic N) is 1. The van der Waals surface area contributed by atoms with E-state index in [9.17, 15) is 14.0 Å². The van der Waals surface area contributed by atoms with Crippen molar-refractivity contribution in [3.05, 3.63) is 53.8 Å². The molecule has 0 aromatic heterocycles. The van der Waals surface area contributed by atoms with Crippen molar-refractivity contribution < 1.29 is 18.7 Å². The molecule has 24 heavy (non-hydrogen) atoms. The molecule has 0 radical (unpaired) electrons. The molecule has 0 bridgehead atoms. The Balaban J connectivity index is 2.05. The fraction of sp³-hybridized carbons (Fsp3) is 0.222. The number of carbonyl (C=O) groups is 2. The summed E-state index contributed by atoms with van der Waals surface area (Å²) in [6, 6.07) is 10.0. The van der Waals surface area contributed by atoms with Crippen molar-refractivity contribution in [3.8, 4) is 5.75 Å². The van der Waals surface area contributed by atoms with Crippen molar-refractivity contribution in [2.75, 3.05) is 17.3 Å².